The van der Waals surface area contributed by atoms with Gasteiger partial charge in [-0.05, 0) is 47.8 Å². The van der Waals surface area contributed by atoms with Crippen molar-refractivity contribution in [2.75, 3.05) is 0 Å². The smallest absolute Gasteiger partial charge is 0.0672 e. The van der Waals surface area contributed by atoms with E-state index in [4.69, 9.17) is 5.73 Å². The van der Waals surface area contributed by atoms with Gasteiger partial charge in [0.2, 0.25) is 0 Å². The molecule has 1 aliphatic rings. The Bertz CT molecular complexity index is 580. The van der Waals surface area contributed by atoms with Crippen LogP contribution in [0.1, 0.15) is 61.8 Å². The predicted molar refractivity (Wildman–Crippen MR) is 86.2 cm³/mol. The number of nitrogens with zero attached hydrogens (tertiary/aromatic N) is 1. The monoisotopic (exact) mass is 288 g/mol. The summed E-state index contributed by atoms with van der Waals surface area (Å²) >= 11 is 1.85. The molecule has 2 aromatic heterocycles. The summed E-state index contributed by atoms with van der Waals surface area (Å²) < 4.78 is 2.47. The first-order valence-electron chi connectivity index (χ1n) is 7.50. The summed E-state index contributed by atoms with van der Waals surface area (Å²) in [6, 6.07) is 7.29. The Balaban J connectivity index is 2.04. The van der Waals surface area contributed by atoms with E-state index in [1.807, 2.05) is 11.3 Å². The van der Waals surface area contributed by atoms with E-state index in [0.717, 1.165) is 19.3 Å². The molecule has 2 heterocycles. The Morgan fingerprint density at radius 1 is 1.45 bits per heavy atom. The Labute approximate surface area is 125 Å². The van der Waals surface area contributed by atoms with Crippen LogP contribution < -0.4 is 5.73 Å². The summed E-state index contributed by atoms with van der Waals surface area (Å²) in [4.78, 5) is 1.45. The summed E-state index contributed by atoms with van der Waals surface area (Å²) in [5, 5.41) is 2.17. The average molecular weight is 288 g/mol. The minimum atomic E-state index is 0.191. The van der Waals surface area contributed by atoms with Crippen LogP contribution in [0.5, 0.6) is 0 Å². The minimum Gasteiger partial charge on any atom is -0.343 e. The van der Waals surface area contributed by atoms with Gasteiger partial charge in [0.05, 0.1) is 6.04 Å². The molecule has 0 radical (unpaired) electrons. The van der Waals surface area contributed by atoms with E-state index >= 15 is 0 Å². The molecular weight excluding hydrogens is 264 g/mol. The van der Waals surface area contributed by atoms with Crippen LogP contribution in [0.3, 0.4) is 0 Å². The summed E-state index contributed by atoms with van der Waals surface area (Å²) in [6.45, 7) is 6.93. The molecule has 0 amide bonds. The molecule has 0 aliphatic heterocycles. The van der Waals surface area contributed by atoms with Crippen molar-refractivity contribution in [3.8, 4) is 0 Å². The van der Waals surface area contributed by atoms with Gasteiger partial charge >= 0.3 is 0 Å². The van der Waals surface area contributed by atoms with Crippen molar-refractivity contribution in [3.05, 3.63) is 45.9 Å². The van der Waals surface area contributed by atoms with Gasteiger partial charge in [0.15, 0.2) is 0 Å². The van der Waals surface area contributed by atoms with Crippen LogP contribution in [0.25, 0.3) is 0 Å². The number of hydrogen-bond acceptors (Lipinski definition) is 2. The van der Waals surface area contributed by atoms with E-state index in [1.54, 1.807) is 0 Å². The van der Waals surface area contributed by atoms with Gasteiger partial charge < -0.3 is 10.3 Å². The molecule has 0 aromatic carbocycles. The van der Waals surface area contributed by atoms with E-state index < -0.39 is 0 Å². The fourth-order valence-electron chi connectivity index (χ4n) is 3.57. The topological polar surface area (TPSA) is 30.9 Å². The summed E-state index contributed by atoms with van der Waals surface area (Å²) in [6.07, 6.45) is 5.59. The van der Waals surface area contributed by atoms with Crippen LogP contribution in [0.2, 0.25) is 0 Å². The third-order valence-corrected chi connectivity index (χ3v) is 5.45. The summed E-state index contributed by atoms with van der Waals surface area (Å²) in [7, 11) is 0. The highest BCUT2D eigenvalue weighted by atomic mass is 32.1. The first kappa shape index (κ1) is 13.9. The molecule has 0 bridgehead atoms. The quantitative estimate of drug-likeness (QED) is 0.884. The highest BCUT2D eigenvalue weighted by Crippen LogP contribution is 2.42. The van der Waals surface area contributed by atoms with Crippen LogP contribution in [0, 0.1) is 5.41 Å². The fraction of sp³-hybridized carbons (Fsp3) is 0.529. The van der Waals surface area contributed by atoms with Crippen molar-refractivity contribution < 1.29 is 0 Å². The summed E-state index contributed by atoms with van der Waals surface area (Å²) in [5.74, 6) is 0. The number of fused-ring (bicyclic) bond motifs is 1. The third kappa shape index (κ3) is 2.33. The van der Waals surface area contributed by atoms with Gasteiger partial charge in [-0.3, -0.25) is 0 Å². The summed E-state index contributed by atoms with van der Waals surface area (Å²) in [5.41, 5.74) is 9.50. The lowest BCUT2D eigenvalue weighted by Crippen LogP contribution is -2.31. The van der Waals surface area contributed by atoms with Crippen molar-refractivity contribution >= 4 is 11.3 Å². The molecule has 1 aliphatic carbocycles. The first-order chi connectivity index (χ1) is 9.52. The van der Waals surface area contributed by atoms with Gasteiger partial charge in [0.25, 0.3) is 0 Å². The van der Waals surface area contributed by atoms with E-state index in [2.05, 4.69) is 55.1 Å². The second kappa shape index (κ2) is 5.05. The molecule has 20 heavy (non-hydrogen) atoms. The van der Waals surface area contributed by atoms with Gasteiger partial charge in [-0.1, -0.05) is 26.8 Å². The number of thiophene rings is 1. The molecule has 2 nitrogen and oxygen atoms in total. The largest absolute Gasteiger partial charge is 0.343 e. The Morgan fingerprint density at radius 2 is 2.25 bits per heavy atom. The molecule has 0 saturated heterocycles. The van der Waals surface area contributed by atoms with Crippen LogP contribution >= 0.6 is 11.3 Å². The van der Waals surface area contributed by atoms with E-state index in [9.17, 15) is 0 Å². The van der Waals surface area contributed by atoms with Crippen LogP contribution in [-0.4, -0.2) is 4.57 Å². The van der Waals surface area contributed by atoms with Gasteiger partial charge in [0.1, 0.15) is 0 Å². The van der Waals surface area contributed by atoms with Crippen molar-refractivity contribution in [1.29, 1.82) is 0 Å². The maximum absolute atomic E-state index is 6.38. The van der Waals surface area contributed by atoms with E-state index in [1.165, 1.54) is 16.1 Å². The van der Waals surface area contributed by atoms with E-state index in [-0.39, 0.29) is 6.04 Å². The minimum absolute atomic E-state index is 0.191. The number of rotatable bonds is 3. The Hall–Kier alpha value is -1.06. The van der Waals surface area contributed by atoms with Crippen molar-refractivity contribution in [3.63, 3.8) is 0 Å². The molecule has 0 spiro atoms. The van der Waals surface area contributed by atoms with Crippen molar-refractivity contribution in [2.45, 2.75) is 52.1 Å². The molecular formula is C17H24N2S. The highest BCUT2D eigenvalue weighted by molar-refractivity contribution is 7.10. The van der Waals surface area contributed by atoms with Gasteiger partial charge in [-0.25, -0.2) is 0 Å². The normalized spacial score (nSPS) is 22.5. The Kier molecular flexibility index (Phi) is 3.51. The predicted octanol–water partition coefficient (Wildman–Crippen LogP) is 4.52. The van der Waals surface area contributed by atoms with Gasteiger partial charge in [-0.15, -0.1) is 11.3 Å². The average Bonchev–Trinajstić information content (AvgIpc) is 3.00. The molecule has 3 rings (SSSR count). The molecule has 2 unspecified atom stereocenters. The highest BCUT2D eigenvalue weighted by Gasteiger charge is 2.33. The number of hydrogen-bond donors (Lipinski definition) is 1. The second-order valence-electron chi connectivity index (χ2n) is 6.72. The fourth-order valence-corrected chi connectivity index (χ4v) is 4.47. The molecule has 0 fully saturated rings. The lowest BCUT2D eigenvalue weighted by molar-refractivity contribution is 0.273. The molecule has 2 N–H and O–H groups in total. The van der Waals surface area contributed by atoms with Crippen LogP contribution in [-0.2, 0) is 6.42 Å². The zero-order valence-electron chi connectivity index (χ0n) is 12.6. The molecule has 0 saturated carbocycles. The number of aromatic nitrogens is 1. The molecule has 108 valence electrons. The number of nitrogens with two attached hydrogens (primary N) is 1. The first-order valence-corrected chi connectivity index (χ1v) is 8.38. The van der Waals surface area contributed by atoms with Crippen LogP contribution in [0.4, 0.5) is 0 Å². The van der Waals surface area contributed by atoms with Crippen LogP contribution in [0.15, 0.2) is 29.8 Å². The lowest BCUT2D eigenvalue weighted by atomic mass is 9.74. The van der Waals surface area contributed by atoms with Gasteiger partial charge in [-0.2, -0.15) is 0 Å². The lowest BCUT2D eigenvalue weighted by Gasteiger charge is -2.35. The van der Waals surface area contributed by atoms with Crippen molar-refractivity contribution in [2.24, 2.45) is 11.1 Å². The maximum Gasteiger partial charge on any atom is 0.0672 e. The standard InChI is InChI=1S/C17H24N2S/c1-4-14(16-6-5-9-20-16)19-8-7-12-13(18)10-17(2,3)11-15(12)19/h5-9,13-14H,4,10-11,18H2,1-3H3. The molecule has 2 aromatic rings. The second-order valence-corrected chi connectivity index (χ2v) is 7.70. The zero-order chi connectivity index (χ0) is 14.3. The zero-order valence-corrected chi connectivity index (χ0v) is 13.4. The Morgan fingerprint density at radius 3 is 2.90 bits per heavy atom. The molecule has 3 heteroatoms. The third-order valence-electron chi connectivity index (χ3n) is 4.47. The SMILES string of the molecule is CCC(c1cccs1)n1ccc2c1CC(C)(C)CC2N. The van der Waals surface area contributed by atoms with Gasteiger partial charge in [0, 0.05) is 22.8 Å². The van der Waals surface area contributed by atoms with E-state index in [0.29, 0.717) is 11.5 Å². The maximum atomic E-state index is 6.38. The molecule has 2 atom stereocenters. The van der Waals surface area contributed by atoms with Crippen molar-refractivity contribution in [1.82, 2.24) is 4.57 Å².